The van der Waals surface area contributed by atoms with Gasteiger partial charge in [-0.15, -0.1) is 12.4 Å². The van der Waals surface area contributed by atoms with Crippen LogP contribution in [-0.2, 0) is 10.0 Å². The summed E-state index contributed by atoms with van der Waals surface area (Å²) < 4.78 is 31.8. The van der Waals surface area contributed by atoms with Crippen molar-refractivity contribution in [3.8, 4) is 5.75 Å². The van der Waals surface area contributed by atoms with Crippen molar-refractivity contribution < 1.29 is 13.2 Å². The number of nitrogens with two attached hydrogens (primary N) is 1. The summed E-state index contributed by atoms with van der Waals surface area (Å²) in [4.78, 5) is 0. The second kappa shape index (κ2) is 9.52. The van der Waals surface area contributed by atoms with E-state index in [9.17, 15) is 8.42 Å². The Hall–Kier alpha value is -1.76. The topological polar surface area (TPSA) is 81.4 Å². The number of sulfonamides is 1. The molecule has 7 heteroatoms. The largest absolute Gasteiger partial charge is 0.497 e. The summed E-state index contributed by atoms with van der Waals surface area (Å²) >= 11 is 0. The fourth-order valence-electron chi connectivity index (χ4n) is 2.25. The van der Waals surface area contributed by atoms with E-state index < -0.39 is 10.0 Å². The first kappa shape index (κ1) is 20.3. The Labute approximate surface area is 149 Å². The summed E-state index contributed by atoms with van der Waals surface area (Å²) in [5.41, 5.74) is 7.63. The van der Waals surface area contributed by atoms with Crippen molar-refractivity contribution in [2.75, 3.05) is 17.6 Å². The van der Waals surface area contributed by atoms with Gasteiger partial charge in [0.15, 0.2) is 0 Å². The normalized spacial score (nSPS) is 12.1. The van der Waals surface area contributed by atoms with E-state index in [1.54, 1.807) is 31.4 Å². The maximum absolute atomic E-state index is 12.1. The Balaban J connectivity index is 0.00000288. The lowest BCUT2D eigenvalue weighted by Gasteiger charge is -2.12. The summed E-state index contributed by atoms with van der Waals surface area (Å²) in [6.07, 6.45) is 1.12. The van der Waals surface area contributed by atoms with Crippen molar-refractivity contribution in [1.82, 2.24) is 0 Å². The van der Waals surface area contributed by atoms with E-state index >= 15 is 0 Å². The SMILES string of the molecule is COc1ccc(NS(=O)(=O)CCCC(N)c2ccccc2)cc1.Cl. The molecule has 2 aromatic carbocycles. The molecule has 1 unspecified atom stereocenters. The number of rotatable bonds is 8. The molecule has 2 aromatic rings. The van der Waals surface area contributed by atoms with E-state index in [0.29, 0.717) is 24.3 Å². The molecule has 5 nitrogen and oxygen atoms in total. The Bertz CT molecular complexity index is 706. The van der Waals surface area contributed by atoms with Crippen LogP contribution in [0.5, 0.6) is 5.75 Å². The van der Waals surface area contributed by atoms with Gasteiger partial charge in [0.25, 0.3) is 0 Å². The third-order valence-electron chi connectivity index (χ3n) is 3.52. The summed E-state index contributed by atoms with van der Waals surface area (Å²) in [5.74, 6) is 0.723. The minimum absolute atomic E-state index is 0. The smallest absolute Gasteiger partial charge is 0.232 e. The van der Waals surface area contributed by atoms with Crippen molar-refractivity contribution >= 4 is 28.1 Å². The molecule has 0 bridgehead atoms. The van der Waals surface area contributed by atoms with E-state index in [-0.39, 0.29) is 24.2 Å². The molecule has 1 atom stereocenters. The van der Waals surface area contributed by atoms with Gasteiger partial charge in [-0.25, -0.2) is 8.42 Å². The minimum atomic E-state index is -3.38. The highest BCUT2D eigenvalue weighted by Gasteiger charge is 2.12. The van der Waals surface area contributed by atoms with Crippen LogP contribution in [0, 0.1) is 0 Å². The van der Waals surface area contributed by atoms with E-state index in [2.05, 4.69) is 4.72 Å². The molecule has 0 amide bonds. The number of nitrogens with one attached hydrogen (secondary N) is 1. The summed E-state index contributed by atoms with van der Waals surface area (Å²) in [6, 6.07) is 16.3. The lowest BCUT2D eigenvalue weighted by molar-refractivity contribution is 0.415. The van der Waals surface area contributed by atoms with Gasteiger partial charge < -0.3 is 10.5 Å². The predicted molar refractivity (Wildman–Crippen MR) is 100 cm³/mol. The van der Waals surface area contributed by atoms with Crippen LogP contribution in [-0.4, -0.2) is 21.3 Å². The zero-order chi connectivity index (χ0) is 16.7. The van der Waals surface area contributed by atoms with Crippen LogP contribution < -0.4 is 15.2 Å². The Kier molecular flexibility index (Phi) is 8.04. The van der Waals surface area contributed by atoms with Crippen LogP contribution in [0.25, 0.3) is 0 Å². The van der Waals surface area contributed by atoms with Crippen molar-refractivity contribution in [1.29, 1.82) is 0 Å². The van der Waals surface area contributed by atoms with Crippen LogP contribution in [0.3, 0.4) is 0 Å². The molecule has 0 aliphatic rings. The molecule has 0 radical (unpaired) electrons. The van der Waals surface area contributed by atoms with Crippen LogP contribution >= 0.6 is 12.4 Å². The van der Waals surface area contributed by atoms with Gasteiger partial charge in [-0.3, -0.25) is 4.72 Å². The quantitative estimate of drug-likeness (QED) is 0.746. The first-order chi connectivity index (χ1) is 11.0. The average Bonchev–Trinajstić information content (AvgIpc) is 2.55. The molecule has 0 aliphatic heterocycles. The van der Waals surface area contributed by atoms with E-state index in [1.807, 2.05) is 30.3 Å². The molecule has 0 fully saturated rings. The van der Waals surface area contributed by atoms with Gasteiger partial charge in [0.2, 0.25) is 10.0 Å². The van der Waals surface area contributed by atoms with Gasteiger partial charge in [-0.1, -0.05) is 30.3 Å². The highest BCUT2D eigenvalue weighted by atomic mass is 35.5. The molecule has 0 spiro atoms. The van der Waals surface area contributed by atoms with Crippen LogP contribution in [0.2, 0.25) is 0 Å². The Morgan fingerprint density at radius 2 is 1.71 bits per heavy atom. The van der Waals surface area contributed by atoms with Gasteiger partial charge in [0, 0.05) is 11.7 Å². The first-order valence-corrected chi connectivity index (χ1v) is 9.10. The van der Waals surface area contributed by atoms with Gasteiger partial charge in [-0.2, -0.15) is 0 Å². The molecule has 24 heavy (non-hydrogen) atoms. The zero-order valence-corrected chi connectivity index (χ0v) is 15.1. The Morgan fingerprint density at radius 3 is 2.29 bits per heavy atom. The fourth-order valence-corrected chi connectivity index (χ4v) is 3.39. The molecule has 132 valence electrons. The standard InChI is InChI=1S/C17H22N2O3S.ClH/c1-22-16-11-9-15(10-12-16)19-23(20,21)13-5-8-17(18)14-6-3-2-4-7-14;/h2-4,6-7,9-12,17,19H,5,8,13,18H2,1H3;1H. The molecule has 0 saturated carbocycles. The molecule has 0 aromatic heterocycles. The van der Waals surface area contributed by atoms with Gasteiger partial charge in [0.1, 0.15) is 5.75 Å². The summed E-state index contributed by atoms with van der Waals surface area (Å²) in [7, 11) is -1.81. The van der Waals surface area contributed by atoms with Crippen LogP contribution in [0.4, 0.5) is 5.69 Å². The van der Waals surface area contributed by atoms with Gasteiger partial charge >= 0.3 is 0 Å². The number of hydrogen-bond donors (Lipinski definition) is 2. The van der Waals surface area contributed by atoms with Crippen molar-refractivity contribution in [2.24, 2.45) is 5.73 Å². The lowest BCUT2D eigenvalue weighted by atomic mass is 10.0. The third kappa shape index (κ3) is 6.39. The molecular formula is C17H23ClN2O3S. The Morgan fingerprint density at radius 1 is 1.08 bits per heavy atom. The summed E-state index contributed by atoms with van der Waals surface area (Å²) in [6.45, 7) is 0. The van der Waals surface area contributed by atoms with E-state index in [1.165, 1.54) is 0 Å². The molecule has 2 rings (SSSR count). The molecular weight excluding hydrogens is 348 g/mol. The van der Waals surface area contributed by atoms with Gasteiger partial charge in [-0.05, 0) is 42.7 Å². The van der Waals surface area contributed by atoms with Crippen molar-refractivity contribution in [3.05, 3.63) is 60.2 Å². The minimum Gasteiger partial charge on any atom is -0.497 e. The van der Waals surface area contributed by atoms with E-state index in [0.717, 1.165) is 5.56 Å². The van der Waals surface area contributed by atoms with Gasteiger partial charge in [0.05, 0.1) is 12.9 Å². The second-order valence-corrected chi connectivity index (χ2v) is 7.15. The number of benzene rings is 2. The fraction of sp³-hybridized carbons (Fsp3) is 0.294. The average molecular weight is 371 g/mol. The monoisotopic (exact) mass is 370 g/mol. The molecule has 3 N–H and O–H groups in total. The molecule has 0 aliphatic carbocycles. The number of anilines is 1. The van der Waals surface area contributed by atoms with Crippen molar-refractivity contribution in [2.45, 2.75) is 18.9 Å². The maximum atomic E-state index is 12.1. The third-order valence-corrected chi connectivity index (χ3v) is 4.89. The zero-order valence-electron chi connectivity index (χ0n) is 13.5. The van der Waals surface area contributed by atoms with Crippen LogP contribution in [0.15, 0.2) is 54.6 Å². The van der Waals surface area contributed by atoms with E-state index in [4.69, 9.17) is 10.5 Å². The highest BCUT2D eigenvalue weighted by molar-refractivity contribution is 7.92. The van der Waals surface area contributed by atoms with Crippen molar-refractivity contribution in [3.63, 3.8) is 0 Å². The first-order valence-electron chi connectivity index (χ1n) is 7.45. The highest BCUT2D eigenvalue weighted by Crippen LogP contribution is 2.18. The number of halogens is 1. The second-order valence-electron chi connectivity index (χ2n) is 5.31. The number of methoxy groups -OCH3 is 1. The maximum Gasteiger partial charge on any atom is 0.232 e. The summed E-state index contributed by atoms with van der Waals surface area (Å²) in [5, 5.41) is 0. The molecule has 0 heterocycles. The predicted octanol–water partition coefficient (Wildman–Crippen LogP) is 3.34. The number of ether oxygens (including phenoxy) is 1. The van der Waals surface area contributed by atoms with Crippen LogP contribution in [0.1, 0.15) is 24.4 Å². The number of hydrogen-bond acceptors (Lipinski definition) is 4. The molecule has 0 saturated heterocycles. The lowest BCUT2D eigenvalue weighted by Crippen LogP contribution is -2.18.